The number of pyridine rings is 1. The van der Waals surface area contributed by atoms with Crippen LogP contribution >= 0.6 is 0 Å². The molecule has 0 aliphatic carbocycles. The number of hydrogen-bond acceptors (Lipinski definition) is 7. The average Bonchev–Trinajstić information content (AvgIpc) is 3.45. The van der Waals surface area contributed by atoms with Gasteiger partial charge in [-0.3, -0.25) is 4.68 Å². The average molecular weight is 526 g/mol. The van der Waals surface area contributed by atoms with E-state index >= 15 is 0 Å². The van der Waals surface area contributed by atoms with Crippen molar-refractivity contribution >= 4 is 29.1 Å². The molecule has 4 rings (SSSR count). The number of aromatic nitrogens is 4. The Morgan fingerprint density at radius 2 is 1.97 bits per heavy atom. The Labute approximate surface area is 212 Å². The molecule has 0 atom stereocenters. The van der Waals surface area contributed by atoms with Crippen LogP contribution in [0.3, 0.4) is 0 Å². The molecule has 0 aromatic carbocycles. The van der Waals surface area contributed by atoms with Crippen molar-refractivity contribution in [2.45, 2.75) is 51.3 Å². The highest BCUT2D eigenvalue weighted by molar-refractivity contribution is 7.89. The molecule has 0 bridgehead atoms. The summed E-state index contributed by atoms with van der Waals surface area (Å²) in [6.07, 6.45) is 7.04. The Kier molecular flexibility index (Phi) is 7.08. The summed E-state index contributed by atoms with van der Waals surface area (Å²) >= 11 is 0. The van der Waals surface area contributed by atoms with E-state index in [0.717, 1.165) is 11.4 Å². The molecule has 3 aromatic heterocycles. The lowest BCUT2D eigenvalue weighted by Crippen LogP contribution is -2.64. The summed E-state index contributed by atoms with van der Waals surface area (Å²) in [5, 5.41) is 24.5. The molecule has 0 saturated carbocycles. The van der Waals surface area contributed by atoms with Crippen LogP contribution in [0.2, 0.25) is 25.7 Å². The van der Waals surface area contributed by atoms with Crippen LogP contribution in [0.25, 0.3) is 22.2 Å². The summed E-state index contributed by atoms with van der Waals surface area (Å²) in [4.78, 5) is 4.51. The first kappa shape index (κ1) is 26.0. The van der Waals surface area contributed by atoms with Gasteiger partial charge in [0.2, 0.25) is 10.0 Å². The van der Waals surface area contributed by atoms with Crippen molar-refractivity contribution in [3.05, 3.63) is 36.4 Å². The van der Waals surface area contributed by atoms with E-state index in [9.17, 15) is 18.9 Å². The third-order valence-electron chi connectivity index (χ3n) is 6.60. The van der Waals surface area contributed by atoms with E-state index in [1.807, 2.05) is 16.8 Å². The first-order valence-electron chi connectivity index (χ1n) is 11.9. The predicted octanol–water partition coefficient (Wildman–Crippen LogP) is 3.36. The van der Waals surface area contributed by atoms with Gasteiger partial charge in [-0.25, -0.2) is 13.4 Å². The van der Waals surface area contributed by atoms with Crippen LogP contribution in [-0.2, 0) is 27.0 Å². The van der Waals surface area contributed by atoms with Crippen LogP contribution < -0.4 is 0 Å². The van der Waals surface area contributed by atoms with E-state index in [2.05, 4.69) is 41.9 Å². The zero-order valence-electron chi connectivity index (χ0n) is 21.1. The highest BCUT2D eigenvalue weighted by Gasteiger charge is 2.49. The SMILES string of the molecule is CCS(=O)(=O)N1CC(CC#N)(n2cc(-c3c(C#N)cnc4c3ccn4COCC[Si](C)(C)C)cn2)C1. The second-order valence-corrected chi connectivity index (χ2v) is 18.3. The number of sulfonamides is 1. The summed E-state index contributed by atoms with van der Waals surface area (Å²) in [5.41, 5.74) is 1.81. The molecule has 3 aromatic rings. The molecule has 190 valence electrons. The zero-order valence-corrected chi connectivity index (χ0v) is 22.9. The third kappa shape index (κ3) is 4.95. The maximum atomic E-state index is 12.3. The van der Waals surface area contributed by atoms with Gasteiger partial charge in [0.15, 0.2) is 0 Å². The summed E-state index contributed by atoms with van der Waals surface area (Å²) < 4.78 is 35.4. The van der Waals surface area contributed by atoms with Gasteiger partial charge in [-0.15, -0.1) is 0 Å². The van der Waals surface area contributed by atoms with Gasteiger partial charge in [0.1, 0.15) is 24.0 Å². The maximum absolute atomic E-state index is 12.3. The summed E-state index contributed by atoms with van der Waals surface area (Å²) in [6.45, 7) is 9.99. The number of ether oxygens (including phenoxy) is 1. The molecule has 1 aliphatic heterocycles. The van der Waals surface area contributed by atoms with E-state index in [-0.39, 0.29) is 25.3 Å². The minimum Gasteiger partial charge on any atom is -0.361 e. The van der Waals surface area contributed by atoms with Crippen molar-refractivity contribution in [3.63, 3.8) is 0 Å². The predicted molar refractivity (Wildman–Crippen MR) is 139 cm³/mol. The van der Waals surface area contributed by atoms with E-state index in [1.165, 1.54) is 4.31 Å². The maximum Gasteiger partial charge on any atom is 0.213 e. The fourth-order valence-electron chi connectivity index (χ4n) is 4.37. The van der Waals surface area contributed by atoms with Gasteiger partial charge in [0.25, 0.3) is 0 Å². The number of nitriles is 2. The Bertz CT molecular complexity index is 1450. The van der Waals surface area contributed by atoms with Gasteiger partial charge < -0.3 is 9.30 Å². The molecule has 1 fully saturated rings. The largest absolute Gasteiger partial charge is 0.361 e. The van der Waals surface area contributed by atoms with Crippen molar-refractivity contribution in [2.75, 3.05) is 25.4 Å². The monoisotopic (exact) mass is 525 g/mol. The van der Waals surface area contributed by atoms with Crippen LogP contribution in [0.1, 0.15) is 18.9 Å². The van der Waals surface area contributed by atoms with Gasteiger partial charge in [0.05, 0.1) is 30.0 Å². The molecule has 36 heavy (non-hydrogen) atoms. The molecule has 0 radical (unpaired) electrons. The Balaban J connectivity index is 1.64. The Hall–Kier alpha value is -3.03. The molecular weight excluding hydrogens is 494 g/mol. The molecule has 0 unspecified atom stereocenters. The van der Waals surface area contributed by atoms with Crippen LogP contribution in [0, 0.1) is 22.7 Å². The Morgan fingerprint density at radius 1 is 1.22 bits per heavy atom. The van der Waals surface area contributed by atoms with Crippen molar-refractivity contribution in [1.29, 1.82) is 10.5 Å². The summed E-state index contributed by atoms with van der Waals surface area (Å²) in [7, 11) is -4.52. The molecular formula is C24H31N7O3SSi. The first-order chi connectivity index (χ1) is 17.0. The quantitative estimate of drug-likeness (QED) is 0.293. The molecule has 0 spiro atoms. The molecule has 1 saturated heterocycles. The lowest BCUT2D eigenvalue weighted by atomic mass is 9.89. The summed E-state index contributed by atoms with van der Waals surface area (Å²) in [6, 6.07) is 7.39. The van der Waals surface area contributed by atoms with Crippen molar-refractivity contribution < 1.29 is 13.2 Å². The van der Waals surface area contributed by atoms with Gasteiger partial charge in [-0.2, -0.15) is 19.9 Å². The van der Waals surface area contributed by atoms with Gasteiger partial charge in [-0.1, -0.05) is 19.6 Å². The molecule has 12 heteroatoms. The van der Waals surface area contributed by atoms with Gasteiger partial charge >= 0.3 is 0 Å². The minimum absolute atomic E-state index is 0.0133. The number of nitrogens with zero attached hydrogens (tertiary/aromatic N) is 7. The lowest BCUT2D eigenvalue weighted by Gasteiger charge is -2.47. The third-order valence-corrected chi connectivity index (χ3v) is 10.1. The fourth-order valence-corrected chi connectivity index (χ4v) is 6.36. The lowest BCUT2D eigenvalue weighted by molar-refractivity contribution is 0.0719. The molecule has 4 heterocycles. The van der Waals surface area contributed by atoms with Crippen molar-refractivity contribution in [2.24, 2.45) is 0 Å². The standard InChI is InChI=1S/C24H31N7O3SSi/c1-5-35(32,33)30-16-24(17-30,7-8-25)31-15-20(14-28-31)22-19(12-26)13-27-23-21(22)6-9-29(23)18-34-10-11-36(2,3)4/h6,9,13-15H,5,7,10-11,16-18H2,1-4H3. The van der Waals surface area contributed by atoms with E-state index in [4.69, 9.17) is 4.74 Å². The second-order valence-electron chi connectivity index (χ2n) is 10.4. The molecule has 0 amide bonds. The van der Waals surface area contributed by atoms with Gasteiger partial charge in [-0.05, 0) is 19.0 Å². The van der Waals surface area contributed by atoms with Crippen LogP contribution in [-0.4, -0.2) is 65.6 Å². The highest BCUT2D eigenvalue weighted by atomic mass is 32.2. The number of rotatable bonds is 10. The van der Waals surface area contributed by atoms with Crippen molar-refractivity contribution in [1.82, 2.24) is 23.6 Å². The van der Waals surface area contributed by atoms with Crippen LogP contribution in [0.15, 0.2) is 30.9 Å². The highest BCUT2D eigenvalue weighted by Crippen LogP contribution is 2.37. The first-order valence-corrected chi connectivity index (χ1v) is 17.2. The number of hydrogen-bond donors (Lipinski definition) is 0. The summed E-state index contributed by atoms with van der Waals surface area (Å²) in [5.74, 6) is 0.0133. The van der Waals surface area contributed by atoms with Crippen molar-refractivity contribution in [3.8, 4) is 23.3 Å². The van der Waals surface area contributed by atoms with E-state index < -0.39 is 23.6 Å². The molecule has 0 N–H and O–H groups in total. The smallest absolute Gasteiger partial charge is 0.213 e. The number of fused-ring (bicyclic) bond motifs is 1. The van der Waals surface area contributed by atoms with Crippen LogP contribution in [0.4, 0.5) is 0 Å². The minimum atomic E-state index is -3.34. The fraction of sp³-hybridized carbons (Fsp3) is 0.500. The second kappa shape index (κ2) is 9.79. The van der Waals surface area contributed by atoms with E-state index in [0.29, 0.717) is 35.7 Å². The van der Waals surface area contributed by atoms with Crippen LogP contribution in [0.5, 0.6) is 0 Å². The zero-order chi connectivity index (χ0) is 26.1. The van der Waals surface area contributed by atoms with E-state index in [1.54, 1.807) is 30.2 Å². The topological polar surface area (TPSA) is 130 Å². The normalized spacial score (nSPS) is 15.9. The molecule has 1 aliphatic rings. The van der Waals surface area contributed by atoms with Gasteiger partial charge in [0, 0.05) is 62.9 Å². The molecule has 10 nitrogen and oxygen atoms in total. The Morgan fingerprint density at radius 3 is 2.61 bits per heavy atom.